The van der Waals surface area contributed by atoms with Crippen molar-refractivity contribution >= 4 is 5.91 Å². The van der Waals surface area contributed by atoms with Gasteiger partial charge in [0.1, 0.15) is 5.82 Å². The molecule has 1 amide bonds. The number of aromatic nitrogens is 3. The molecular formula is C20H26N4O3. The van der Waals surface area contributed by atoms with Crippen LogP contribution in [0.25, 0.3) is 0 Å². The van der Waals surface area contributed by atoms with Gasteiger partial charge < -0.3 is 10.1 Å². The maximum atomic E-state index is 12.9. The quantitative estimate of drug-likeness (QED) is 0.871. The number of aryl methyl sites for hydroxylation is 2. The van der Waals surface area contributed by atoms with E-state index in [1.807, 2.05) is 18.2 Å². The van der Waals surface area contributed by atoms with Gasteiger partial charge >= 0.3 is 5.69 Å². The van der Waals surface area contributed by atoms with Crippen LogP contribution in [-0.4, -0.2) is 40.0 Å². The summed E-state index contributed by atoms with van der Waals surface area (Å²) in [6.45, 7) is 2.44. The van der Waals surface area contributed by atoms with E-state index < -0.39 is 0 Å². The van der Waals surface area contributed by atoms with Crippen LogP contribution in [0, 0.1) is 5.92 Å². The summed E-state index contributed by atoms with van der Waals surface area (Å²) < 4.78 is 8.55. The first-order chi connectivity index (χ1) is 13.1. The standard InChI is InChI=1S/C20H26N4O3/c1-23-19(26)24-13-15(7-8-17(24)22-23)18(25)21-14-20(9-11-27-12-10-20)16-5-3-2-4-6-16/h2-6,15H,7-14H2,1H3,(H,21,25)/t15-/m0/s1. The maximum absolute atomic E-state index is 12.9. The molecule has 0 unspecified atom stereocenters. The van der Waals surface area contributed by atoms with E-state index in [1.54, 1.807) is 11.6 Å². The van der Waals surface area contributed by atoms with Crippen molar-refractivity contribution in [2.24, 2.45) is 13.0 Å². The highest BCUT2D eigenvalue weighted by Crippen LogP contribution is 2.34. The molecule has 7 nitrogen and oxygen atoms in total. The Hall–Kier alpha value is -2.41. The summed E-state index contributed by atoms with van der Waals surface area (Å²) in [4.78, 5) is 25.0. The average Bonchev–Trinajstić information content (AvgIpc) is 3.01. The Morgan fingerprint density at radius 2 is 2.04 bits per heavy atom. The number of nitrogens with zero attached hydrogens (tertiary/aromatic N) is 3. The number of hydrogen-bond donors (Lipinski definition) is 1. The van der Waals surface area contributed by atoms with Crippen LogP contribution in [0.3, 0.4) is 0 Å². The van der Waals surface area contributed by atoms with Gasteiger partial charge in [0.05, 0.1) is 5.92 Å². The molecular weight excluding hydrogens is 344 g/mol. The molecule has 4 rings (SSSR count). The predicted octanol–water partition coefficient (Wildman–Crippen LogP) is 1.01. The minimum atomic E-state index is -0.188. The van der Waals surface area contributed by atoms with E-state index in [4.69, 9.17) is 4.74 Å². The second-order valence-corrected chi connectivity index (χ2v) is 7.65. The summed E-state index contributed by atoms with van der Waals surface area (Å²) >= 11 is 0. The molecule has 0 radical (unpaired) electrons. The van der Waals surface area contributed by atoms with Gasteiger partial charge in [-0.15, -0.1) is 0 Å². The highest BCUT2D eigenvalue weighted by molar-refractivity contribution is 5.78. The third kappa shape index (κ3) is 3.43. The van der Waals surface area contributed by atoms with E-state index in [-0.39, 0.29) is 22.9 Å². The number of ether oxygens (including phenoxy) is 1. The lowest BCUT2D eigenvalue weighted by Gasteiger charge is -2.38. The zero-order chi connectivity index (χ0) is 18.9. The average molecular weight is 370 g/mol. The van der Waals surface area contributed by atoms with Crippen molar-refractivity contribution in [3.05, 3.63) is 52.2 Å². The van der Waals surface area contributed by atoms with Crippen molar-refractivity contribution in [2.45, 2.75) is 37.6 Å². The Bertz CT molecular complexity index is 865. The Kier molecular flexibility index (Phi) is 4.86. The summed E-state index contributed by atoms with van der Waals surface area (Å²) in [7, 11) is 1.65. The van der Waals surface area contributed by atoms with Gasteiger partial charge in [0.25, 0.3) is 0 Å². The first-order valence-electron chi connectivity index (χ1n) is 9.63. The fourth-order valence-corrected chi connectivity index (χ4v) is 4.27. The third-order valence-corrected chi connectivity index (χ3v) is 6.01. The number of carbonyl (C=O) groups excluding carboxylic acids is 1. The molecule has 0 aliphatic carbocycles. The fourth-order valence-electron chi connectivity index (χ4n) is 4.27. The highest BCUT2D eigenvalue weighted by atomic mass is 16.5. The lowest BCUT2D eigenvalue weighted by molar-refractivity contribution is -0.126. The summed E-state index contributed by atoms with van der Waals surface area (Å²) in [5.41, 5.74) is 1.02. The topological polar surface area (TPSA) is 78.2 Å². The molecule has 27 heavy (non-hydrogen) atoms. The van der Waals surface area contributed by atoms with Crippen molar-refractivity contribution < 1.29 is 9.53 Å². The van der Waals surface area contributed by atoms with Gasteiger partial charge in [0, 0.05) is 45.2 Å². The van der Waals surface area contributed by atoms with Crippen molar-refractivity contribution in [2.75, 3.05) is 19.8 Å². The van der Waals surface area contributed by atoms with E-state index in [0.29, 0.717) is 32.7 Å². The third-order valence-electron chi connectivity index (χ3n) is 6.01. The maximum Gasteiger partial charge on any atom is 0.345 e. The van der Waals surface area contributed by atoms with E-state index in [9.17, 15) is 9.59 Å². The minimum Gasteiger partial charge on any atom is -0.381 e. The molecule has 1 aromatic carbocycles. The zero-order valence-corrected chi connectivity index (χ0v) is 15.7. The number of rotatable bonds is 4. The van der Waals surface area contributed by atoms with Crippen LogP contribution in [0.2, 0.25) is 0 Å². The number of carbonyl (C=O) groups is 1. The SMILES string of the molecule is Cn1nc2n(c1=O)C[C@@H](C(=O)NCC1(c3ccccc3)CCOCC1)CC2. The molecule has 2 aliphatic heterocycles. The van der Waals surface area contributed by atoms with Gasteiger partial charge in [-0.2, -0.15) is 5.10 Å². The van der Waals surface area contributed by atoms with Crippen molar-refractivity contribution in [3.8, 4) is 0 Å². The first-order valence-corrected chi connectivity index (χ1v) is 9.63. The second kappa shape index (κ2) is 7.31. The number of nitrogens with one attached hydrogen (secondary N) is 1. The monoisotopic (exact) mass is 370 g/mol. The van der Waals surface area contributed by atoms with Crippen LogP contribution < -0.4 is 11.0 Å². The molecule has 3 heterocycles. The van der Waals surface area contributed by atoms with Crippen LogP contribution in [-0.2, 0) is 35.0 Å². The number of hydrogen-bond acceptors (Lipinski definition) is 4. The molecule has 1 atom stereocenters. The van der Waals surface area contributed by atoms with Crippen molar-refractivity contribution in [1.82, 2.24) is 19.7 Å². The summed E-state index contributed by atoms with van der Waals surface area (Å²) in [6, 6.07) is 10.4. The smallest absolute Gasteiger partial charge is 0.345 e. The molecule has 2 aliphatic rings. The molecule has 1 fully saturated rings. The molecule has 0 spiro atoms. The second-order valence-electron chi connectivity index (χ2n) is 7.65. The van der Waals surface area contributed by atoms with Crippen LogP contribution in [0.5, 0.6) is 0 Å². The van der Waals surface area contributed by atoms with Crippen LogP contribution in [0.4, 0.5) is 0 Å². The predicted molar refractivity (Wildman–Crippen MR) is 100 cm³/mol. The summed E-state index contributed by atoms with van der Waals surface area (Å²) in [5, 5.41) is 7.42. The van der Waals surface area contributed by atoms with Crippen LogP contribution >= 0.6 is 0 Å². The Morgan fingerprint density at radius 3 is 2.78 bits per heavy atom. The lowest BCUT2D eigenvalue weighted by Crippen LogP contribution is -2.47. The molecule has 7 heteroatoms. The van der Waals surface area contributed by atoms with Gasteiger partial charge in [-0.05, 0) is 24.8 Å². The molecule has 144 valence electrons. The fraction of sp³-hybridized carbons (Fsp3) is 0.550. The van der Waals surface area contributed by atoms with Gasteiger partial charge in [-0.3, -0.25) is 9.36 Å². The molecule has 1 aromatic heterocycles. The molecule has 1 N–H and O–H groups in total. The molecule has 0 saturated carbocycles. The van der Waals surface area contributed by atoms with Crippen LogP contribution in [0.15, 0.2) is 35.1 Å². The van der Waals surface area contributed by atoms with Crippen molar-refractivity contribution in [1.29, 1.82) is 0 Å². The van der Waals surface area contributed by atoms with Gasteiger partial charge in [0.15, 0.2) is 0 Å². The Morgan fingerprint density at radius 1 is 1.30 bits per heavy atom. The largest absolute Gasteiger partial charge is 0.381 e. The van der Waals surface area contributed by atoms with Crippen LogP contribution in [0.1, 0.15) is 30.7 Å². The normalized spacial score (nSPS) is 21.4. The van der Waals surface area contributed by atoms with E-state index in [1.165, 1.54) is 10.2 Å². The lowest BCUT2D eigenvalue weighted by atomic mass is 9.74. The zero-order valence-electron chi connectivity index (χ0n) is 15.7. The Balaban J connectivity index is 1.46. The highest BCUT2D eigenvalue weighted by Gasteiger charge is 2.36. The summed E-state index contributed by atoms with van der Waals surface area (Å²) in [5.74, 6) is 0.613. The summed E-state index contributed by atoms with van der Waals surface area (Å²) in [6.07, 6.45) is 3.18. The van der Waals surface area contributed by atoms with E-state index in [2.05, 4.69) is 22.5 Å². The van der Waals surface area contributed by atoms with E-state index >= 15 is 0 Å². The van der Waals surface area contributed by atoms with Gasteiger partial charge in [0.2, 0.25) is 5.91 Å². The van der Waals surface area contributed by atoms with E-state index in [0.717, 1.165) is 25.1 Å². The molecule has 1 saturated heterocycles. The number of amides is 1. The first kappa shape index (κ1) is 18.0. The number of fused-ring (bicyclic) bond motifs is 1. The van der Waals surface area contributed by atoms with Gasteiger partial charge in [-0.1, -0.05) is 30.3 Å². The molecule has 0 bridgehead atoms. The minimum absolute atomic E-state index is 0.0261. The Labute approximate surface area is 158 Å². The molecule has 2 aromatic rings. The van der Waals surface area contributed by atoms with Crippen molar-refractivity contribution in [3.63, 3.8) is 0 Å². The number of benzene rings is 1. The van der Waals surface area contributed by atoms with Gasteiger partial charge in [-0.25, -0.2) is 9.48 Å².